The Hall–Kier alpha value is -1.52. The summed E-state index contributed by atoms with van der Waals surface area (Å²) in [7, 11) is 1.24. The lowest BCUT2D eigenvalue weighted by atomic mass is 9.99. The number of carbonyl (C=O) groups excluding carboxylic acids is 1. The molecule has 1 rings (SSSR count). The molecule has 0 heterocycles. The van der Waals surface area contributed by atoms with E-state index in [1.54, 1.807) is 13.8 Å². The number of rotatable bonds is 3. The van der Waals surface area contributed by atoms with Crippen LogP contribution in [-0.4, -0.2) is 12.9 Å². The largest absolute Gasteiger partial charge is 0.496 e. The summed E-state index contributed by atoms with van der Waals surface area (Å²) in [5.41, 5.74) is -0.648. The number of benzene rings is 1. The number of hydrogen-bond donors (Lipinski definition) is 0. The maximum Gasteiger partial charge on any atom is 0.416 e. The average Bonchev–Trinajstić information content (AvgIpc) is 2.25. The quantitative estimate of drug-likeness (QED) is 0.762. The molecule has 5 heteroatoms. The number of ketones is 1. The SMILES string of the molecule is COc1cc(C(F)(F)F)ccc1C(=O)C(C)C. The number of methoxy groups -OCH3 is 1. The molecular formula is C12H13F3O2. The second-order valence-electron chi connectivity index (χ2n) is 3.93. The molecule has 0 fully saturated rings. The minimum Gasteiger partial charge on any atom is -0.496 e. The molecule has 2 nitrogen and oxygen atoms in total. The lowest BCUT2D eigenvalue weighted by Crippen LogP contribution is -2.11. The number of alkyl halides is 3. The van der Waals surface area contributed by atoms with E-state index >= 15 is 0 Å². The second kappa shape index (κ2) is 4.77. The molecule has 0 unspecified atom stereocenters. The number of hydrogen-bond acceptors (Lipinski definition) is 2. The Bertz CT molecular complexity index is 422. The summed E-state index contributed by atoms with van der Waals surface area (Å²) >= 11 is 0. The second-order valence-corrected chi connectivity index (χ2v) is 3.93. The highest BCUT2D eigenvalue weighted by atomic mass is 19.4. The van der Waals surface area contributed by atoms with Crippen molar-refractivity contribution in [2.75, 3.05) is 7.11 Å². The predicted octanol–water partition coefficient (Wildman–Crippen LogP) is 3.55. The number of halogens is 3. The molecule has 1 aromatic rings. The monoisotopic (exact) mass is 246 g/mol. The van der Waals surface area contributed by atoms with E-state index in [-0.39, 0.29) is 23.0 Å². The average molecular weight is 246 g/mol. The Balaban J connectivity index is 3.24. The molecule has 0 atom stereocenters. The summed E-state index contributed by atoms with van der Waals surface area (Å²) in [4.78, 5) is 11.7. The van der Waals surface area contributed by atoms with E-state index < -0.39 is 11.7 Å². The molecule has 0 radical (unpaired) electrons. The number of ether oxygens (including phenoxy) is 1. The highest BCUT2D eigenvalue weighted by Gasteiger charge is 2.31. The Morgan fingerprint density at radius 3 is 2.29 bits per heavy atom. The summed E-state index contributed by atoms with van der Waals surface area (Å²) in [5.74, 6) is -0.574. The van der Waals surface area contributed by atoms with Crippen molar-refractivity contribution in [3.63, 3.8) is 0 Å². The van der Waals surface area contributed by atoms with Crippen LogP contribution in [0.25, 0.3) is 0 Å². The van der Waals surface area contributed by atoms with Gasteiger partial charge in [-0.2, -0.15) is 13.2 Å². The van der Waals surface area contributed by atoms with Gasteiger partial charge in [-0.1, -0.05) is 13.8 Å². The van der Waals surface area contributed by atoms with Crippen molar-refractivity contribution in [3.05, 3.63) is 29.3 Å². The van der Waals surface area contributed by atoms with E-state index in [4.69, 9.17) is 4.74 Å². The molecule has 0 amide bonds. The lowest BCUT2D eigenvalue weighted by Gasteiger charge is -2.13. The fourth-order valence-corrected chi connectivity index (χ4v) is 1.38. The molecule has 94 valence electrons. The highest BCUT2D eigenvalue weighted by molar-refractivity contribution is 6.00. The van der Waals surface area contributed by atoms with Crippen LogP contribution in [0.5, 0.6) is 5.75 Å². The van der Waals surface area contributed by atoms with Crippen molar-refractivity contribution >= 4 is 5.78 Å². The van der Waals surface area contributed by atoms with Crippen LogP contribution >= 0.6 is 0 Å². The van der Waals surface area contributed by atoms with Gasteiger partial charge in [0.05, 0.1) is 18.2 Å². The Labute approximate surface area is 97.4 Å². The lowest BCUT2D eigenvalue weighted by molar-refractivity contribution is -0.137. The normalized spacial score (nSPS) is 11.7. The standard InChI is InChI=1S/C12H13F3O2/c1-7(2)11(16)9-5-4-8(12(13,14)15)6-10(9)17-3/h4-7H,1-3H3. The van der Waals surface area contributed by atoms with Gasteiger partial charge < -0.3 is 4.74 Å². The molecule has 0 spiro atoms. The summed E-state index contributed by atoms with van der Waals surface area (Å²) in [6, 6.07) is 2.89. The van der Waals surface area contributed by atoms with Crippen molar-refractivity contribution in [1.82, 2.24) is 0 Å². The summed E-state index contributed by atoms with van der Waals surface area (Å²) in [6.45, 7) is 3.36. The van der Waals surface area contributed by atoms with Gasteiger partial charge in [0.25, 0.3) is 0 Å². The molecule has 0 saturated carbocycles. The molecule has 0 aliphatic heterocycles. The Kier molecular flexibility index (Phi) is 3.80. The minimum absolute atomic E-state index is 0.0430. The maximum absolute atomic E-state index is 12.5. The third-order valence-corrected chi connectivity index (χ3v) is 2.32. The van der Waals surface area contributed by atoms with Gasteiger partial charge in [-0.25, -0.2) is 0 Å². The van der Waals surface area contributed by atoms with Gasteiger partial charge in [0, 0.05) is 5.92 Å². The van der Waals surface area contributed by atoms with Gasteiger partial charge in [0.2, 0.25) is 0 Å². The molecule has 0 N–H and O–H groups in total. The third-order valence-electron chi connectivity index (χ3n) is 2.32. The zero-order chi connectivity index (χ0) is 13.2. The van der Waals surface area contributed by atoms with Crippen molar-refractivity contribution in [2.24, 2.45) is 5.92 Å². The van der Waals surface area contributed by atoms with E-state index in [0.717, 1.165) is 18.2 Å². The van der Waals surface area contributed by atoms with Crippen LogP contribution in [0.1, 0.15) is 29.8 Å². The van der Waals surface area contributed by atoms with Crippen LogP contribution in [-0.2, 0) is 6.18 Å². The van der Waals surface area contributed by atoms with Crippen molar-refractivity contribution in [1.29, 1.82) is 0 Å². The fraction of sp³-hybridized carbons (Fsp3) is 0.417. The van der Waals surface area contributed by atoms with Crippen LogP contribution in [0.4, 0.5) is 13.2 Å². The first-order chi connectivity index (χ1) is 7.77. The van der Waals surface area contributed by atoms with Crippen LogP contribution in [0.2, 0.25) is 0 Å². The van der Waals surface area contributed by atoms with Crippen LogP contribution in [0.15, 0.2) is 18.2 Å². The Morgan fingerprint density at radius 2 is 1.88 bits per heavy atom. The van der Waals surface area contributed by atoms with Crippen molar-refractivity contribution in [2.45, 2.75) is 20.0 Å². The molecule has 1 aromatic carbocycles. The fourth-order valence-electron chi connectivity index (χ4n) is 1.38. The molecule has 0 bridgehead atoms. The highest BCUT2D eigenvalue weighted by Crippen LogP contribution is 2.33. The van der Waals surface area contributed by atoms with E-state index in [1.165, 1.54) is 7.11 Å². The van der Waals surface area contributed by atoms with Crippen molar-refractivity contribution in [3.8, 4) is 5.75 Å². The molecule has 0 saturated heterocycles. The first-order valence-electron chi connectivity index (χ1n) is 5.06. The minimum atomic E-state index is -4.44. The zero-order valence-electron chi connectivity index (χ0n) is 9.76. The smallest absolute Gasteiger partial charge is 0.416 e. The van der Waals surface area contributed by atoms with Gasteiger partial charge in [-0.05, 0) is 18.2 Å². The number of carbonyl (C=O) groups is 1. The van der Waals surface area contributed by atoms with Gasteiger partial charge in [-0.15, -0.1) is 0 Å². The first-order valence-corrected chi connectivity index (χ1v) is 5.06. The maximum atomic E-state index is 12.5. The van der Waals surface area contributed by atoms with Gasteiger partial charge in [0.15, 0.2) is 5.78 Å². The Morgan fingerprint density at radius 1 is 1.29 bits per heavy atom. The van der Waals surface area contributed by atoms with E-state index in [0.29, 0.717) is 0 Å². The molecule has 0 aromatic heterocycles. The topological polar surface area (TPSA) is 26.3 Å². The summed E-state index contributed by atoms with van der Waals surface area (Å²) < 4.78 is 42.2. The van der Waals surface area contributed by atoms with Gasteiger partial charge >= 0.3 is 6.18 Å². The third kappa shape index (κ3) is 2.99. The first kappa shape index (κ1) is 13.5. The summed E-state index contributed by atoms with van der Waals surface area (Å²) in [5, 5.41) is 0. The van der Waals surface area contributed by atoms with Crippen LogP contribution in [0.3, 0.4) is 0 Å². The van der Waals surface area contributed by atoms with Crippen molar-refractivity contribution < 1.29 is 22.7 Å². The van der Waals surface area contributed by atoms with E-state index in [1.807, 2.05) is 0 Å². The zero-order valence-corrected chi connectivity index (χ0v) is 9.76. The van der Waals surface area contributed by atoms with Crippen LogP contribution in [0, 0.1) is 5.92 Å². The predicted molar refractivity (Wildman–Crippen MR) is 57.2 cm³/mol. The van der Waals surface area contributed by atoms with Gasteiger partial charge in [-0.3, -0.25) is 4.79 Å². The number of Topliss-reactive ketones (excluding diaryl/α,β-unsaturated/α-hetero) is 1. The van der Waals surface area contributed by atoms with Gasteiger partial charge in [0.1, 0.15) is 5.75 Å². The molecule has 0 aliphatic rings. The molecular weight excluding hydrogens is 233 g/mol. The molecule has 0 aliphatic carbocycles. The van der Waals surface area contributed by atoms with E-state index in [2.05, 4.69) is 0 Å². The van der Waals surface area contributed by atoms with E-state index in [9.17, 15) is 18.0 Å². The van der Waals surface area contributed by atoms with Crippen LogP contribution < -0.4 is 4.74 Å². The molecule has 17 heavy (non-hydrogen) atoms. The summed E-state index contributed by atoms with van der Waals surface area (Å²) in [6.07, 6.45) is -4.44.